The lowest BCUT2D eigenvalue weighted by Gasteiger charge is -2.16. The normalized spacial score (nSPS) is 13.9. The number of amides is 1. The van der Waals surface area contributed by atoms with Crippen molar-refractivity contribution < 1.29 is 27.8 Å². The molecule has 0 spiro atoms. The first-order chi connectivity index (χ1) is 18.3. The number of thiophene rings is 1. The molecule has 3 aromatic rings. The summed E-state index contributed by atoms with van der Waals surface area (Å²) in [5.74, 6) is -1.78. The standard InChI is InChI=1S/C26H30F2N4O4S2/c1-4-32-23(15(3)36-19-12-11-16(27)13-18(19)28)30-31-26(32)37-14-21(33)29-24-22(25(34)35-5-2)17-9-7-6-8-10-20(17)38-24/h11-13,15H,4-10,14H2,1-3H3,(H,29,33). The predicted molar refractivity (Wildman–Crippen MR) is 142 cm³/mol. The number of esters is 1. The van der Waals surface area contributed by atoms with Gasteiger partial charge in [-0.15, -0.1) is 21.5 Å². The van der Waals surface area contributed by atoms with Gasteiger partial charge in [0.2, 0.25) is 5.91 Å². The average molecular weight is 565 g/mol. The summed E-state index contributed by atoms with van der Waals surface area (Å²) in [6.07, 6.45) is 4.20. The van der Waals surface area contributed by atoms with Crippen LogP contribution in [0.1, 0.15) is 72.8 Å². The summed E-state index contributed by atoms with van der Waals surface area (Å²) in [5, 5.41) is 12.3. The molecule has 0 saturated carbocycles. The van der Waals surface area contributed by atoms with Gasteiger partial charge in [0, 0.05) is 17.5 Å². The Morgan fingerprint density at radius 1 is 1.18 bits per heavy atom. The van der Waals surface area contributed by atoms with Crippen LogP contribution in [-0.2, 0) is 28.9 Å². The maximum Gasteiger partial charge on any atom is 0.341 e. The van der Waals surface area contributed by atoms with E-state index in [0.717, 1.165) is 54.7 Å². The summed E-state index contributed by atoms with van der Waals surface area (Å²) in [7, 11) is 0. The van der Waals surface area contributed by atoms with Crippen molar-refractivity contribution in [1.29, 1.82) is 0 Å². The van der Waals surface area contributed by atoms with Crippen molar-refractivity contribution >= 4 is 40.0 Å². The number of carbonyl (C=O) groups excluding carboxylic acids is 2. The van der Waals surface area contributed by atoms with E-state index < -0.39 is 23.7 Å². The third-order valence-electron chi connectivity index (χ3n) is 6.11. The van der Waals surface area contributed by atoms with Gasteiger partial charge in [-0.25, -0.2) is 13.6 Å². The molecule has 0 radical (unpaired) electrons. The number of ether oxygens (including phenoxy) is 2. The molecule has 0 aliphatic heterocycles. The van der Waals surface area contributed by atoms with Crippen LogP contribution >= 0.6 is 23.1 Å². The second-order valence-corrected chi connectivity index (χ2v) is 10.8. The second-order valence-electron chi connectivity index (χ2n) is 8.75. The highest BCUT2D eigenvalue weighted by atomic mass is 32.2. The number of halogens is 2. The quantitative estimate of drug-likeness (QED) is 0.185. The largest absolute Gasteiger partial charge is 0.480 e. The van der Waals surface area contributed by atoms with Gasteiger partial charge in [-0.3, -0.25) is 4.79 Å². The Morgan fingerprint density at radius 2 is 1.97 bits per heavy atom. The topological polar surface area (TPSA) is 95.3 Å². The summed E-state index contributed by atoms with van der Waals surface area (Å²) in [4.78, 5) is 26.8. The molecule has 1 aromatic carbocycles. The Labute approximate surface area is 228 Å². The lowest BCUT2D eigenvalue weighted by Crippen LogP contribution is -2.17. The van der Waals surface area contributed by atoms with Crippen molar-refractivity contribution in [1.82, 2.24) is 14.8 Å². The number of aryl methyl sites for hydroxylation is 1. The molecule has 0 bridgehead atoms. The summed E-state index contributed by atoms with van der Waals surface area (Å²) in [6.45, 7) is 6.11. The molecule has 38 heavy (non-hydrogen) atoms. The lowest BCUT2D eigenvalue weighted by atomic mass is 10.1. The van der Waals surface area contributed by atoms with Crippen LogP contribution in [0.4, 0.5) is 13.8 Å². The number of carbonyl (C=O) groups is 2. The van der Waals surface area contributed by atoms with E-state index in [4.69, 9.17) is 9.47 Å². The molecule has 0 saturated heterocycles. The average Bonchev–Trinajstić information content (AvgIpc) is 3.37. The molecule has 1 aliphatic carbocycles. The number of thioether (sulfide) groups is 1. The van der Waals surface area contributed by atoms with Crippen molar-refractivity contribution in [2.45, 2.75) is 70.7 Å². The molecule has 1 unspecified atom stereocenters. The molecule has 1 aliphatic rings. The fourth-order valence-electron chi connectivity index (χ4n) is 4.36. The fourth-order valence-corrected chi connectivity index (χ4v) is 6.46. The maximum atomic E-state index is 14.0. The van der Waals surface area contributed by atoms with Gasteiger partial charge in [0.15, 0.2) is 28.7 Å². The van der Waals surface area contributed by atoms with E-state index in [-0.39, 0.29) is 24.0 Å². The molecule has 8 nitrogen and oxygen atoms in total. The van der Waals surface area contributed by atoms with E-state index in [1.54, 1.807) is 18.4 Å². The Bertz CT molecular complexity index is 1310. The van der Waals surface area contributed by atoms with Gasteiger partial charge < -0.3 is 19.4 Å². The van der Waals surface area contributed by atoms with Crippen LogP contribution in [0.2, 0.25) is 0 Å². The van der Waals surface area contributed by atoms with E-state index in [9.17, 15) is 18.4 Å². The smallest absolute Gasteiger partial charge is 0.341 e. The number of nitrogens with zero attached hydrogens (tertiary/aromatic N) is 3. The molecule has 1 atom stereocenters. The zero-order valence-electron chi connectivity index (χ0n) is 21.5. The Hall–Kier alpha value is -2.99. The first-order valence-corrected chi connectivity index (χ1v) is 14.4. The van der Waals surface area contributed by atoms with Gasteiger partial charge in [0.25, 0.3) is 0 Å². The van der Waals surface area contributed by atoms with Crippen LogP contribution < -0.4 is 10.1 Å². The minimum atomic E-state index is -0.807. The Morgan fingerprint density at radius 3 is 2.71 bits per heavy atom. The minimum absolute atomic E-state index is 0.0464. The molecule has 204 valence electrons. The Balaban J connectivity index is 1.44. The molecule has 1 N–H and O–H groups in total. The number of hydrogen-bond donors (Lipinski definition) is 1. The molecule has 1 amide bonds. The van der Waals surface area contributed by atoms with Gasteiger partial charge in [0.1, 0.15) is 10.8 Å². The van der Waals surface area contributed by atoms with Crippen LogP contribution in [0.5, 0.6) is 5.75 Å². The third kappa shape index (κ3) is 6.35. The number of aromatic nitrogens is 3. The summed E-state index contributed by atoms with van der Waals surface area (Å²) in [6, 6.07) is 3.10. The molecule has 2 heterocycles. The third-order valence-corrected chi connectivity index (χ3v) is 8.28. The van der Waals surface area contributed by atoms with Gasteiger partial charge in [-0.2, -0.15) is 0 Å². The first kappa shape index (κ1) is 28.0. The monoisotopic (exact) mass is 564 g/mol. The number of rotatable bonds is 10. The van der Waals surface area contributed by atoms with Gasteiger partial charge >= 0.3 is 5.97 Å². The predicted octanol–water partition coefficient (Wildman–Crippen LogP) is 5.95. The second kappa shape index (κ2) is 12.7. The van der Waals surface area contributed by atoms with Crippen LogP contribution in [0, 0.1) is 11.6 Å². The van der Waals surface area contributed by atoms with Crippen molar-refractivity contribution in [3.8, 4) is 5.75 Å². The molecule has 0 fully saturated rings. The molecule has 2 aromatic heterocycles. The van der Waals surface area contributed by atoms with Gasteiger partial charge in [-0.05, 0) is 64.2 Å². The van der Waals surface area contributed by atoms with Crippen LogP contribution in [0.25, 0.3) is 0 Å². The fraction of sp³-hybridized carbons (Fsp3) is 0.462. The molecular weight excluding hydrogens is 534 g/mol. The van der Waals surface area contributed by atoms with Gasteiger partial charge in [0.05, 0.1) is 17.9 Å². The zero-order valence-corrected chi connectivity index (χ0v) is 23.1. The van der Waals surface area contributed by atoms with Crippen molar-refractivity contribution in [2.75, 3.05) is 17.7 Å². The highest BCUT2D eigenvalue weighted by Gasteiger charge is 2.27. The number of benzene rings is 1. The highest BCUT2D eigenvalue weighted by Crippen LogP contribution is 2.38. The van der Waals surface area contributed by atoms with Crippen molar-refractivity contribution in [2.24, 2.45) is 0 Å². The molecule has 12 heteroatoms. The van der Waals surface area contributed by atoms with E-state index >= 15 is 0 Å². The van der Waals surface area contributed by atoms with Gasteiger partial charge in [-0.1, -0.05) is 18.2 Å². The number of nitrogens with one attached hydrogen (secondary N) is 1. The minimum Gasteiger partial charge on any atom is -0.480 e. The van der Waals surface area contributed by atoms with Crippen LogP contribution in [-0.4, -0.2) is 39.0 Å². The van der Waals surface area contributed by atoms with Crippen molar-refractivity contribution in [3.63, 3.8) is 0 Å². The summed E-state index contributed by atoms with van der Waals surface area (Å²) < 4.78 is 40.0. The van der Waals surface area contributed by atoms with Crippen molar-refractivity contribution in [3.05, 3.63) is 51.7 Å². The first-order valence-electron chi connectivity index (χ1n) is 12.6. The summed E-state index contributed by atoms with van der Waals surface area (Å²) in [5.41, 5.74) is 1.47. The van der Waals surface area contributed by atoms with Crippen LogP contribution in [0.15, 0.2) is 23.4 Å². The van der Waals surface area contributed by atoms with E-state index in [2.05, 4.69) is 15.5 Å². The number of fused-ring (bicyclic) bond motifs is 1. The molecular formula is C26H30F2N4O4S2. The highest BCUT2D eigenvalue weighted by molar-refractivity contribution is 7.99. The van der Waals surface area contributed by atoms with E-state index in [1.807, 2.05) is 6.92 Å². The number of anilines is 1. The zero-order chi connectivity index (χ0) is 27.2. The summed E-state index contributed by atoms with van der Waals surface area (Å²) >= 11 is 2.65. The SMILES string of the molecule is CCOC(=O)c1c(NC(=O)CSc2nnc(C(C)Oc3ccc(F)cc3F)n2CC)sc2c1CCCCC2. The van der Waals surface area contributed by atoms with Crippen LogP contribution in [0.3, 0.4) is 0 Å². The Kier molecular flexibility index (Phi) is 9.37. The number of hydrogen-bond acceptors (Lipinski definition) is 8. The maximum absolute atomic E-state index is 14.0. The van der Waals surface area contributed by atoms with E-state index in [1.165, 1.54) is 29.2 Å². The van der Waals surface area contributed by atoms with E-state index in [0.29, 0.717) is 28.1 Å². The lowest BCUT2D eigenvalue weighted by molar-refractivity contribution is -0.113. The molecule has 4 rings (SSSR count).